The molecule has 2 fully saturated rings. The molecule has 3 heteroatoms. The lowest BCUT2D eigenvalue weighted by Gasteiger charge is -2.54. The molecule has 2 N–H and O–H groups in total. The van der Waals surface area contributed by atoms with Crippen molar-refractivity contribution in [2.24, 2.45) is 23.2 Å². The molecule has 1 aromatic rings. The van der Waals surface area contributed by atoms with Crippen LogP contribution in [0.2, 0.25) is 0 Å². The highest BCUT2D eigenvalue weighted by Gasteiger charge is 2.57. The van der Waals surface area contributed by atoms with Crippen molar-refractivity contribution in [3.63, 3.8) is 0 Å². The number of alkyl halides is 1. The zero-order valence-corrected chi connectivity index (χ0v) is 18.1. The van der Waals surface area contributed by atoms with Gasteiger partial charge in [-0.2, -0.15) is 0 Å². The van der Waals surface area contributed by atoms with E-state index in [9.17, 15) is 10.2 Å². The van der Waals surface area contributed by atoms with Gasteiger partial charge in [0.15, 0.2) is 0 Å². The second kappa shape index (κ2) is 7.62. The molecule has 6 atom stereocenters. The molecule has 0 amide bonds. The number of aryl methyl sites for hydroxylation is 1. The zero-order valence-electron chi connectivity index (χ0n) is 16.0. The van der Waals surface area contributed by atoms with Gasteiger partial charge >= 0.3 is 0 Å². The van der Waals surface area contributed by atoms with Gasteiger partial charge in [-0.25, -0.2) is 0 Å². The van der Waals surface area contributed by atoms with E-state index in [1.807, 2.05) is 12.1 Å². The Kier molecular flexibility index (Phi) is 5.58. The second-order valence-electron chi connectivity index (χ2n) is 9.32. The van der Waals surface area contributed by atoms with Crippen molar-refractivity contribution in [3.8, 4) is 5.75 Å². The molecule has 2 saturated carbocycles. The number of rotatable bonds is 5. The van der Waals surface area contributed by atoms with Crippen LogP contribution in [0.5, 0.6) is 5.75 Å². The summed E-state index contributed by atoms with van der Waals surface area (Å²) in [6.45, 7) is 2.38. The van der Waals surface area contributed by atoms with E-state index >= 15 is 0 Å². The maximum atomic E-state index is 10.8. The van der Waals surface area contributed by atoms with Crippen molar-refractivity contribution in [2.75, 3.05) is 4.43 Å². The molecular formula is C23H33IO2. The maximum Gasteiger partial charge on any atom is 0.115 e. The van der Waals surface area contributed by atoms with E-state index in [1.165, 1.54) is 60.5 Å². The van der Waals surface area contributed by atoms with E-state index in [2.05, 4.69) is 35.6 Å². The van der Waals surface area contributed by atoms with Crippen LogP contribution in [0.4, 0.5) is 0 Å². The van der Waals surface area contributed by atoms with Crippen molar-refractivity contribution in [3.05, 3.63) is 29.3 Å². The fourth-order valence-electron chi connectivity index (χ4n) is 6.81. The van der Waals surface area contributed by atoms with Gasteiger partial charge in [-0.05, 0) is 102 Å². The monoisotopic (exact) mass is 468 g/mol. The van der Waals surface area contributed by atoms with E-state index in [4.69, 9.17) is 0 Å². The van der Waals surface area contributed by atoms with E-state index in [-0.39, 0.29) is 11.5 Å². The predicted octanol–water partition coefficient (Wildman–Crippen LogP) is 5.83. The molecule has 0 aromatic heterocycles. The van der Waals surface area contributed by atoms with Gasteiger partial charge in [0.2, 0.25) is 0 Å². The molecule has 0 spiro atoms. The molecule has 2 nitrogen and oxygen atoms in total. The van der Waals surface area contributed by atoms with Crippen LogP contribution in [0.3, 0.4) is 0 Å². The Morgan fingerprint density at radius 1 is 1.15 bits per heavy atom. The van der Waals surface area contributed by atoms with Crippen molar-refractivity contribution < 1.29 is 10.2 Å². The van der Waals surface area contributed by atoms with Crippen LogP contribution in [-0.4, -0.2) is 20.7 Å². The minimum atomic E-state index is -0.105. The third-order valence-electron chi connectivity index (χ3n) is 7.99. The summed E-state index contributed by atoms with van der Waals surface area (Å²) >= 11 is 2.48. The fraction of sp³-hybridized carbons (Fsp3) is 0.739. The van der Waals surface area contributed by atoms with Crippen LogP contribution >= 0.6 is 22.6 Å². The molecule has 144 valence electrons. The minimum absolute atomic E-state index is 0.105. The number of halogens is 1. The third kappa shape index (κ3) is 3.21. The van der Waals surface area contributed by atoms with Crippen molar-refractivity contribution >= 4 is 22.6 Å². The van der Waals surface area contributed by atoms with Gasteiger partial charge < -0.3 is 10.2 Å². The largest absolute Gasteiger partial charge is 0.508 e. The maximum absolute atomic E-state index is 10.8. The van der Waals surface area contributed by atoms with Crippen molar-refractivity contribution in [1.29, 1.82) is 0 Å². The minimum Gasteiger partial charge on any atom is -0.508 e. The number of phenols is 1. The predicted molar refractivity (Wildman–Crippen MR) is 115 cm³/mol. The molecular weight excluding hydrogens is 435 g/mol. The molecule has 0 heterocycles. The van der Waals surface area contributed by atoms with Gasteiger partial charge in [0, 0.05) is 0 Å². The molecule has 0 bridgehead atoms. The summed E-state index contributed by atoms with van der Waals surface area (Å²) < 4.78 is 1.26. The highest BCUT2D eigenvalue weighted by atomic mass is 127. The number of fused-ring (bicyclic) bond motifs is 5. The van der Waals surface area contributed by atoms with E-state index < -0.39 is 0 Å². The van der Waals surface area contributed by atoms with Gasteiger partial charge in [0.25, 0.3) is 0 Å². The quantitative estimate of drug-likeness (QED) is 0.324. The standard InChI is InChI=1S/C23H33IO2/c1-23-14-16(5-3-2-4-12-24)22-18-9-7-17(25)13-15(18)6-8-19(22)20(23)10-11-21(23)26/h7,9,13,16,19-22,25-26H,2-6,8,10-12,14H2,1H3/t16-,19-,20-,21-,22+,23-/m0/s1. The highest BCUT2D eigenvalue weighted by molar-refractivity contribution is 14.1. The number of benzene rings is 1. The van der Waals surface area contributed by atoms with Crippen molar-refractivity contribution in [2.45, 2.75) is 76.7 Å². The van der Waals surface area contributed by atoms with Crippen LogP contribution in [0.1, 0.15) is 75.3 Å². The number of unbranched alkanes of at least 4 members (excludes halogenated alkanes) is 2. The smallest absolute Gasteiger partial charge is 0.115 e. The van der Waals surface area contributed by atoms with E-state index in [0.29, 0.717) is 23.5 Å². The number of aromatic hydroxyl groups is 1. The molecule has 0 saturated heterocycles. The van der Waals surface area contributed by atoms with Crippen LogP contribution in [0.25, 0.3) is 0 Å². The number of hydrogen-bond donors (Lipinski definition) is 2. The van der Waals surface area contributed by atoms with Gasteiger partial charge in [0.05, 0.1) is 6.10 Å². The Morgan fingerprint density at radius 3 is 2.81 bits per heavy atom. The summed E-state index contributed by atoms with van der Waals surface area (Å²) in [6.07, 6.45) is 10.9. The summed E-state index contributed by atoms with van der Waals surface area (Å²) in [7, 11) is 0. The van der Waals surface area contributed by atoms with Gasteiger partial charge in [-0.1, -0.05) is 48.4 Å². The Labute approximate surface area is 171 Å². The van der Waals surface area contributed by atoms with Gasteiger partial charge in [-0.15, -0.1) is 0 Å². The Balaban J connectivity index is 1.65. The first-order valence-corrected chi connectivity index (χ1v) is 12.1. The second-order valence-corrected chi connectivity index (χ2v) is 10.4. The fourth-order valence-corrected chi connectivity index (χ4v) is 7.35. The summed E-state index contributed by atoms with van der Waals surface area (Å²) in [5.74, 6) is 3.14. The lowest BCUT2D eigenvalue weighted by Crippen LogP contribution is -2.47. The number of hydrogen-bond acceptors (Lipinski definition) is 2. The summed E-state index contributed by atoms with van der Waals surface area (Å²) in [5, 5.41) is 20.7. The Bertz CT molecular complexity index is 645. The van der Waals surface area contributed by atoms with Crippen molar-refractivity contribution in [1.82, 2.24) is 0 Å². The molecule has 0 radical (unpaired) electrons. The molecule has 26 heavy (non-hydrogen) atoms. The Morgan fingerprint density at radius 2 is 2.00 bits per heavy atom. The first kappa shape index (κ1) is 19.0. The first-order valence-electron chi connectivity index (χ1n) is 10.6. The number of phenolic OH excluding ortho intramolecular Hbond substituents is 1. The average molecular weight is 468 g/mol. The van der Waals surface area contributed by atoms with E-state index in [0.717, 1.165) is 18.8 Å². The summed E-state index contributed by atoms with van der Waals surface area (Å²) in [4.78, 5) is 0. The number of aliphatic hydroxyl groups excluding tert-OH is 1. The van der Waals surface area contributed by atoms with Gasteiger partial charge in [0.1, 0.15) is 5.75 Å². The SMILES string of the molecule is C[C@]12C[C@H](CCCCCI)[C@@H]3c4ccc(O)cc4CC[C@H]3[C@@H]1CC[C@@H]2O. The van der Waals surface area contributed by atoms with Crippen LogP contribution in [0, 0.1) is 23.2 Å². The topological polar surface area (TPSA) is 40.5 Å². The molecule has 3 aliphatic rings. The van der Waals surface area contributed by atoms with Crippen LogP contribution in [0.15, 0.2) is 18.2 Å². The molecule has 4 rings (SSSR count). The van der Waals surface area contributed by atoms with Gasteiger partial charge in [-0.3, -0.25) is 0 Å². The zero-order chi connectivity index (χ0) is 18.3. The van der Waals surface area contributed by atoms with Crippen LogP contribution < -0.4 is 0 Å². The average Bonchev–Trinajstić information content (AvgIpc) is 2.93. The highest BCUT2D eigenvalue weighted by Crippen LogP contribution is 2.63. The third-order valence-corrected chi connectivity index (χ3v) is 8.75. The van der Waals surface area contributed by atoms with Crippen LogP contribution in [-0.2, 0) is 6.42 Å². The molecule has 1 aromatic carbocycles. The normalized spacial score (nSPS) is 38.5. The molecule has 3 aliphatic carbocycles. The lowest BCUT2D eigenvalue weighted by molar-refractivity contribution is -0.0501. The summed E-state index contributed by atoms with van der Waals surface area (Å²) in [6, 6.07) is 6.12. The van der Waals surface area contributed by atoms with E-state index in [1.54, 1.807) is 0 Å². The Hall–Kier alpha value is -0.290. The molecule has 0 aliphatic heterocycles. The first-order chi connectivity index (χ1) is 12.5. The molecule has 0 unspecified atom stereocenters. The summed E-state index contributed by atoms with van der Waals surface area (Å²) in [5.41, 5.74) is 3.02. The number of aliphatic hydroxyl groups is 1. The lowest BCUT2D eigenvalue weighted by atomic mass is 9.51.